The topological polar surface area (TPSA) is 46.5 Å². The molecular weight excluding hydrogens is 298 g/mol. The summed E-state index contributed by atoms with van der Waals surface area (Å²) in [5, 5.41) is 8.40. The van der Waals surface area contributed by atoms with Crippen molar-refractivity contribution < 1.29 is 23.4 Å². The third-order valence-electron chi connectivity index (χ3n) is 1.99. The minimum Gasteiger partial charge on any atom is -0.489 e. The molecule has 0 spiro atoms. The van der Waals surface area contributed by atoms with Crippen LogP contribution in [0.2, 0.25) is 0 Å². The number of hydrogen-bond acceptors (Lipinski definition) is 2. The van der Waals surface area contributed by atoms with Gasteiger partial charge in [0.25, 0.3) is 0 Å². The lowest BCUT2D eigenvalue weighted by Crippen LogP contribution is -2.02. The molecule has 1 aromatic carbocycles. The Kier molecular flexibility index (Phi) is 5.34. The first-order chi connectivity index (χ1) is 8.00. The average molecular weight is 309 g/mol. The van der Waals surface area contributed by atoms with Crippen LogP contribution in [0, 0.1) is 11.6 Å². The first-order valence-corrected chi connectivity index (χ1v) is 5.79. The smallest absolute Gasteiger partial charge is 0.303 e. The second kappa shape index (κ2) is 6.54. The summed E-state index contributed by atoms with van der Waals surface area (Å²) >= 11 is 2.99. The van der Waals surface area contributed by atoms with Crippen molar-refractivity contribution in [2.75, 3.05) is 6.61 Å². The maximum absolute atomic E-state index is 13.3. The van der Waals surface area contributed by atoms with Crippen LogP contribution in [0.1, 0.15) is 19.3 Å². The Labute approximate surface area is 106 Å². The highest BCUT2D eigenvalue weighted by molar-refractivity contribution is 9.10. The van der Waals surface area contributed by atoms with Gasteiger partial charge in [-0.15, -0.1) is 0 Å². The zero-order valence-corrected chi connectivity index (χ0v) is 10.5. The number of ether oxygens (including phenoxy) is 1. The Morgan fingerprint density at radius 1 is 1.35 bits per heavy atom. The van der Waals surface area contributed by atoms with E-state index in [1.807, 2.05) is 0 Å². The lowest BCUT2D eigenvalue weighted by Gasteiger charge is -2.08. The minimum atomic E-state index is -0.876. The van der Waals surface area contributed by atoms with E-state index in [4.69, 9.17) is 9.84 Å². The lowest BCUT2D eigenvalue weighted by molar-refractivity contribution is -0.137. The van der Waals surface area contributed by atoms with Gasteiger partial charge in [0.15, 0.2) is 11.6 Å². The Balaban J connectivity index is 2.44. The zero-order chi connectivity index (χ0) is 12.8. The molecule has 17 heavy (non-hydrogen) atoms. The summed E-state index contributed by atoms with van der Waals surface area (Å²) in [6.45, 7) is 0.189. The second-order valence-electron chi connectivity index (χ2n) is 3.40. The molecule has 0 atom stereocenters. The van der Waals surface area contributed by atoms with Crippen molar-refractivity contribution in [3.8, 4) is 5.75 Å². The number of hydrogen-bond donors (Lipinski definition) is 1. The molecule has 0 aliphatic rings. The van der Waals surface area contributed by atoms with E-state index >= 15 is 0 Å². The Hall–Kier alpha value is -1.17. The number of carboxylic acids is 1. The molecule has 0 aliphatic heterocycles. The van der Waals surface area contributed by atoms with Gasteiger partial charge < -0.3 is 9.84 Å². The minimum absolute atomic E-state index is 0.0520. The third kappa shape index (κ3) is 4.68. The van der Waals surface area contributed by atoms with Crippen LogP contribution in [0.15, 0.2) is 16.6 Å². The van der Waals surface area contributed by atoms with Crippen molar-refractivity contribution in [2.45, 2.75) is 19.3 Å². The largest absolute Gasteiger partial charge is 0.489 e. The molecule has 0 saturated carbocycles. The number of benzene rings is 1. The SMILES string of the molecule is O=C(O)CCCCOc1c(F)cc(F)cc1Br. The number of carboxylic acid groups (broad SMARTS) is 1. The molecule has 0 heterocycles. The van der Waals surface area contributed by atoms with E-state index in [9.17, 15) is 13.6 Å². The van der Waals surface area contributed by atoms with E-state index in [0.29, 0.717) is 12.8 Å². The van der Waals surface area contributed by atoms with Crippen LogP contribution in [0.25, 0.3) is 0 Å². The van der Waals surface area contributed by atoms with Gasteiger partial charge in [0.05, 0.1) is 11.1 Å². The summed E-state index contributed by atoms with van der Waals surface area (Å²) in [7, 11) is 0. The molecular formula is C11H11BrF2O3. The molecule has 0 bridgehead atoms. The predicted molar refractivity (Wildman–Crippen MR) is 61.0 cm³/mol. The van der Waals surface area contributed by atoms with Crippen LogP contribution in [0.3, 0.4) is 0 Å². The van der Waals surface area contributed by atoms with Crippen LogP contribution in [-0.2, 0) is 4.79 Å². The molecule has 0 aromatic heterocycles. The fourth-order valence-electron chi connectivity index (χ4n) is 1.22. The van der Waals surface area contributed by atoms with Crippen LogP contribution in [0.4, 0.5) is 8.78 Å². The van der Waals surface area contributed by atoms with Crippen molar-refractivity contribution in [3.05, 3.63) is 28.2 Å². The number of rotatable bonds is 6. The van der Waals surface area contributed by atoms with Gasteiger partial charge in [-0.25, -0.2) is 8.78 Å². The summed E-state index contributed by atoms with van der Waals surface area (Å²) in [4.78, 5) is 10.2. The van der Waals surface area contributed by atoms with E-state index in [2.05, 4.69) is 15.9 Å². The zero-order valence-electron chi connectivity index (χ0n) is 8.88. The highest BCUT2D eigenvalue weighted by Gasteiger charge is 2.10. The summed E-state index contributed by atoms with van der Waals surface area (Å²) in [6.07, 6.45) is 1.00. The van der Waals surface area contributed by atoms with E-state index in [1.165, 1.54) is 0 Å². The molecule has 0 amide bonds. The molecule has 0 aliphatic carbocycles. The first kappa shape index (κ1) is 13.9. The van der Waals surface area contributed by atoms with Gasteiger partial charge in [-0.1, -0.05) is 0 Å². The summed E-state index contributed by atoms with van der Waals surface area (Å²) in [6, 6.07) is 1.84. The highest BCUT2D eigenvalue weighted by Crippen LogP contribution is 2.29. The maximum Gasteiger partial charge on any atom is 0.303 e. The molecule has 1 aromatic rings. The van der Waals surface area contributed by atoms with Crippen LogP contribution in [0.5, 0.6) is 5.75 Å². The number of halogens is 3. The van der Waals surface area contributed by atoms with Gasteiger partial charge in [-0.05, 0) is 34.8 Å². The van der Waals surface area contributed by atoms with Gasteiger partial charge in [-0.3, -0.25) is 4.79 Å². The van der Waals surface area contributed by atoms with Gasteiger partial charge >= 0.3 is 5.97 Å². The summed E-state index contributed by atoms with van der Waals surface area (Å²) in [5.74, 6) is -2.40. The highest BCUT2D eigenvalue weighted by atomic mass is 79.9. The van der Waals surface area contributed by atoms with E-state index in [0.717, 1.165) is 12.1 Å². The summed E-state index contributed by atoms with van der Waals surface area (Å²) < 4.78 is 31.3. The molecule has 0 saturated heterocycles. The lowest BCUT2D eigenvalue weighted by atomic mass is 10.2. The number of aliphatic carboxylic acids is 1. The molecule has 94 valence electrons. The Morgan fingerprint density at radius 2 is 2.06 bits per heavy atom. The molecule has 1 N–H and O–H groups in total. The molecule has 6 heteroatoms. The predicted octanol–water partition coefficient (Wildman–Crippen LogP) is 3.36. The quantitative estimate of drug-likeness (QED) is 0.820. The monoisotopic (exact) mass is 308 g/mol. The van der Waals surface area contributed by atoms with Gasteiger partial charge in [0.1, 0.15) is 5.82 Å². The van der Waals surface area contributed by atoms with Gasteiger partial charge in [0, 0.05) is 12.5 Å². The molecule has 1 rings (SSSR count). The normalized spacial score (nSPS) is 10.3. The van der Waals surface area contributed by atoms with Crippen molar-refractivity contribution in [3.63, 3.8) is 0 Å². The van der Waals surface area contributed by atoms with Crippen LogP contribution >= 0.6 is 15.9 Å². The average Bonchev–Trinajstić information content (AvgIpc) is 2.20. The van der Waals surface area contributed by atoms with Crippen molar-refractivity contribution >= 4 is 21.9 Å². The maximum atomic E-state index is 13.3. The fraction of sp³-hybridized carbons (Fsp3) is 0.364. The van der Waals surface area contributed by atoms with Crippen LogP contribution in [-0.4, -0.2) is 17.7 Å². The molecule has 3 nitrogen and oxygen atoms in total. The van der Waals surface area contributed by atoms with Crippen molar-refractivity contribution in [2.24, 2.45) is 0 Å². The van der Waals surface area contributed by atoms with E-state index < -0.39 is 17.6 Å². The fourth-order valence-corrected chi connectivity index (χ4v) is 1.74. The van der Waals surface area contributed by atoms with Gasteiger partial charge in [0.2, 0.25) is 0 Å². The van der Waals surface area contributed by atoms with Gasteiger partial charge in [-0.2, -0.15) is 0 Å². The third-order valence-corrected chi connectivity index (χ3v) is 2.58. The van der Waals surface area contributed by atoms with E-state index in [1.54, 1.807) is 0 Å². The van der Waals surface area contributed by atoms with E-state index in [-0.39, 0.29) is 23.2 Å². The molecule has 0 fully saturated rings. The van der Waals surface area contributed by atoms with Crippen molar-refractivity contribution in [1.29, 1.82) is 0 Å². The molecule has 0 radical (unpaired) electrons. The molecule has 0 unspecified atom stereocenters. The van der Waals surface area contributed by atoms with Crippen LogP contribution < -0.4 is 4.74 Å². The number of unbranched alkanes of at least 4 members (excludes halogenated alkanes) is 1. The number of carbonyl (C=O) groups is 1. The van der Waals surface area contributed by atoms with Crippen molar-refractivity contribution in [1.82, 2.24) is 0 Å². The Morgan fingerprint density at radius 3 is 2.65 bits per heavy atom. The summed E-state index contributed by atoms with van der Waals surface area (Å²) in [5.41, 5.74) is 0. The standard InChI is InChI=1S/C11H11BrF2O3/c12-8-5-7(13)6-9(14)11(8)17-4-2-1-3-10(15)16/h5-6H,1-4H2,(H,15,16). The Bertz CT molecular complexity index is 387. The second-order valence-corrected chi connectivity index (χ2v) is 4.25. The first-order valence-electron chi connectivity index (χ1n) is 5.00.